The highest BCUT2D eigenvalue weighted by atomic mass is 16.1. The Balaban J connectivity index is 2.87. The lowest BCUT2D eigenvalue weighted by atomic mass is 10.1. The van der Waals surface area contributed by atoms with Crippen LogP contribution < -0.4 is 0 Å². The Morgan fingerprint density at radius 1 is 1.07 bits per heavy atom. The van der Waals surface area contributed by atoms with Crippen molar-refractivity contribution in [2.75, 3.05) is 0 Å². The number of rotatable bonds is 3. The van der Waals surface area contributed by atoms with Gasteiger partial charge >= 0.3 is 0 Å². The van der Waals surface area contributed by atoms with Crippen LogP contribution in [0.25, 0.3) is 0 Å². The molecule has 14 heavy (non-hydrogen) atoms. The fraction of sp³-hybridized carbons (Fsp3) is 0.545. The molecule has 1 aromatic rings. The minimum atomic E-state index is 0.199. The highest BCUT2D eigenvalue weighted by Gasteiger charge is 2.05. The van der Waals surface area contributed by atoms with Gasteiger partial charge in [-0.3, -0.25) is 9.97 Å². The van der Waals surface area contributed by atoms with Gasteiger partial charge in [0.1, 0.15) is 5.78 Å². The largest absolute Gasteiger partial charge is 0.300 e. The van der Waals surface area contributed by atoms with E-state index in [1.807, 2.05) is 20.8 Å². The van der Waals surface area contributed by atoms with Crippen molar-refractivity contribution < 1.29 is 4.79 Å². The Kier molecular flexibility index (Phi) is 3.33. The molecule has 0 aromatic carbocycles. The van der Waals surface area contributed by atoms with Crippen LogP contribution in [0, 0.1) is 20.8 Å². The van der Waals surface area contributed by atoms with Crippen LogP contribution in [0.5, 0.6) is 0 Å². The molecule has 1 aromatic heterocycles. The summed E-state index contributed by atoms with van der Waals surface area (Å²) in [4.78, 5) is 19.6. The molecule has 0 unspecified atom stereocenters. The van der Waals surface area contributed by atoms with Gasteiger partial charge in [0.15, 0.2) is 0 Å². The summed E-state index contributed by atoms with van der Waals surface area (Å²) in [7, 11) is 0. The molecule has 0 N–H and O–H groups in total. The van der Waals surface area contributed by atoms with Gasteiger partial charge in [0.05, 0.1) is 22.8 Å². The van der Waals surface area contributed by atoms with Gasteiger partial charge in [0, 0.05) is 6.42 Å². The Morgan fingerprint density at radius 3 is 2.21 bits per heavy atom. The first-order valence-electron chi connectivity index (χ1n) is 4.81. The fourth-order valence-electron chi connectivity index (χ4n) is 1.29. The van der Waals surface area contributed by atoms with Crippen molar-refractivity contribution in [1.29, 1.82) is 0 Å². The van der Waals surface area contributed by atoms with E-state index in [0.29, 0.717) is 12.8 Å². The molecule has 0 fully saturated rings. The van der Waals surface area contributed by atoms with Gasteiger partial charge in [-0.15, -0.1) is 0 Å². The van der Waals surface area contributed by atoms with Crippen LogP contribution in [0.3, 0.4) is 0 Å². The summed E-state index contributed by atoms with van der Waals surface area (Å²) in [5, 5.41) is 0. The molecule has 0 aliphatic heterocycles. The van der Waals surface area contributed by atoms with Crippen molar-refractivity contribution >= 4 is 5.78 Å². The highest BCUT2D eigenvalue weighted by molar-refractivity contribution is 5.75. The summed E-state index contributed by atoms with van der Waals surface area (Å²) in [6, 6.07) is 0. The van der Waals surface area contributed by atoms with Crippen molar-refractivity contribution in [3.8, 4) is 0 Å². The van der Waals surface area contributed by atoms with E-state index in [-0.39, 0.29) is 5.78 Å². The van der Waals surface area contributed by atoms with Crippen LogP contribution in [0.4, 0.5) is 0 Å². The molecule has 0 radical (unpaired) electrons. The van der Waals surface area contributed by atoms with E-state index in [2.05, 4.69) is 9.97 Å². The van der Waals surface area contributed by atoms with Crippen LogP contribution in [-0.4, -0.2) is 15.8 Å². The van der Waals surface area contributed by atoms with Crippen molar-refractivity contribution in [1.82, 2.24) is 9.97 Å². The summed E-state index contributed by atoms with van der Waals surface area (Å²) in [6.45, 7) is 7.43. The van der Waals surface area contributed by atoms with Gasteiger partial charge in [-0.2, -0.15) is 0 Å². The fourth-order valence-corrected chi connectivity index (χ4v) is 1.29. The molecular formula is C11H16N2O. The van der Waals surface area contributed by atoms with E-state index >= 15 is 0 Å². The molecule has 3 nitrogen and oxygen atoms in total. The van der Waals surface area contributed by atoms with Crippen molar-refractivity contribution in [2.45, 2.75) is 40.5 Å². The predicted molar refractivity (Wildman–Crippen MR) is 55.2 cm³/mol. The van der Waals surface area contributed by atoms with Crippen LogP contribution in [0.15, 0.2) is 0 Å². The number of aryl methyl sites for hydroxylation is 4. The highest BCUT2D eigenvalue weighted by Crippen LogP contribution is 2.09. The molecule has 0 amide bonds. The van der Waals surface area contributed by atoms with E-state index in [9.17, 15) is 4.79 Å². The van der Waals surface area contributed by atoms with Crippen molar-refractivity contribution in [3.63, 3.8) is 0 Å². The van der Waals surface area contributed by atoms with Crippen LogP contribution in [-0.2, 0) is 11.2 Å². The molecule has 0 aliphatic carbocycles. The molecular weight excluding hydrogens is 176 g/mol. The molecule has 3 heteroatoms. The first kappa shape index (κ1) is 10.8. The zero-order valence-electron chi connectivity index (χ0n) is 9.22. The van der Waals surface area contributed by atoms with Crippen LogP contribution in [0.2, 0.25) is 0 Å². The number of hydrogen-bond donors (Lipinski definition) is 0. The van der Waals surface area contributed by atoms with Gasteiger partial charge < -0.3 is 4.79 Å². The number of aromatic nitrogens is 2. The smallest absolute Gasteiger partial charge is 0.130 e. The zero-order valence-corrected chi connectivity index (χ0v) is 9.22. The molecule has 0 bridgehead atoms. The average molecular weight is 192 g/mol. The number of ketones is 1. The van der Waals surface area contributed by atoms with E-state index in [1.165, 1.54) is 0 Å². The normalized spacial score (nSPS) is 10.3. The number of hydrogen-bond acceptors (Lipinski definition) is 3. The van der Waals surface area contributed by atoms with E-state index in [1.54, 1.807) is 6.92 Å². The van der Waals surface area contributed by atoms with Gasteiger partial charge in [0.2, 0.25) is 0 Å². The maximum atomic E-state index is 10.8. The number of Topliss-reactive ketones (excluding diaryl/α,β-unsaturated/α-hetero) is 1. The zero-order chi connectivity index (χ0) is 10.7. The molecule has 76 valence electrons. The Labute approximate surface area is 84.6 Å². The average Bonchev–Trinajstić information content (AvgIpc) is 2.09. The molecule has 0 saturated heterocycles. The predicted octanol–water partition coefficient (Wildman–Crippen LogP) is 1.92. The topological polar surface area (TPSA) is 42.9 Å². The van der Waals surface area contributed by atoms with E-state index in [0.717, 1.165) is 22.8 Å². The number of nitrogens with zero attached hydrogens (tertiary/aromatic N) is 2. The summed E-state index contributed by atoms with van der Waals surface area (Å²) >= 11 is 0. The Hall–Kier alpha value is -1.25. The number of carbonyl (C=O) groups is 1. The summed E-state index contributed by atoms with van der Waals surface area (Å²) in [5.74, 6) is 0.199. The van der Waals surface area contributed by atoms with Crippen molar-refractivity contribution in [3.05, 3.63) is 22.8 Å². The maximum Gasteiger partial charge on any atom is 0.130 e. The summed E-state index contributed by atoms with van der Waals surface area (Å²) in [6.07, 6.45) is 1.26. The summed E-state index contributed by atoms with van der Waals surface area (Å²) < 4.78 is 0. The second-order valence-corrected chi connectivity index (χ2v) is 3.63. The standard InChI is InChI=1S/C11H16N2O/c1-7(14)5-6-11-10(4)12-8(2)9(3)13-11/h5-6H2,1-4H3. The molecule has 0 atom stereocenters. The van der Waals surface area contributed by atoms with Crippen LogP contribution >= 0.6 is 0 Å². The molecule has 0 saturated carbocycles. The first-order chi connectivity index (χ1) is 6.50. The second-order valence-electron chi connectivity index (χ2n) is 3.63. The van der Waals surface area contributed by atoms with E-state index in [4.69, 9.17) is 0 Å². The lowest BCUT2D eigenvalue weighted by Crippen LogP contribution is -2.04. The SMILES string of the molecule is CC(=O)CCc1nc(C)c(C)nc1C. The maximum absolute atomic E-state index is 10.8. The van der Waals surface area contributed by atoms with Gasteiger partial charge in [-0.25, -0.2) is 0 Å². The molecule has 0 spiro atoms. The minimum absolute atomic E-state index is 0.199. The third-order valence-electron chi connectivity index (χ3n) is 2.29. The number of carbonyl (C=O) groups excluding carboxylic acids is 1. The first-order valence-corrected chi connectivity index (χ1v) is 4.81. The lowest BCUT2D eigenvalue weighted by Gasteiger charge is -2.06. The van der Waals surface area contributed by atoms with Crippen molar-refractivity contribution in [2.24, 2.45) is 0 Å². The van der Waals surface area contributed by atoms with Gasteiger partial charge in [0.25, 0.3) is 0 Å². The van der Waals surface area contributed by atoms with Crippen LogP contribution in [0.1, 0.15) is 36.1 Å². The summed E-state index contributed by atoms with van der Waals surface area (Å²) in [5.41, 5.74) is 3.81. The lowest BCUT2D eigenvalue weighted by molar-refractivity contribution is -0.116. The molecule has 1 heterocycles. The minimum Gasteiger partial charge on any atom is -0.300 e. The van der Waals surface area contributed by atoms with Gasteiger partial charge in [-0.1, -0.05) is 0 Å². The third-order valence-corrected chi connectivity index (χ3v) is 2.29. The third kappa shape index (κ3) is 2.62. The monoisotopic (exact) mass is 192 g/mol. The molecule has 1 rings (SSSR count). The Bertz CT molecular complexity index is 359. The van der Waals surface area contributed by atoms with E-state index < -0.39 is 0 Å². The second kappa shape index (κ2) is 4.31. The quantitative estimate of drug-likeness (QED) is 0.734. The Morgan fingerprint density at radius 2 is 1.64 bits per heavy atom. The molecule has 0 aliphatic rings. The van der Waals surface area contributed by atoms with Gasteiger partial charge in [-0.05, 0) is 34.1 Å².